The van der Waals surface area contributed by atoms with Gasteiger partial charge in [0.15, 0.2) is 0 Å². The van der Waals surface area contributed by atoms with E-state index in [2.05, 4.69) is 28.5 Å². The molecule has 3 N–H and O–H groups in total. The molecule has 0 spiro atoms. The van der Waals surface area contributed by atoms with Gasteiger partial charge in [-0.25, -0.2) is 0 Å². The van der Waals surface area contributed by atoms with Crippen LogP contribution in [0.3, 0.4) is 0 Å². The number of hydrogen-bond acceptors (Lipinski definition) is 4. The van der Waals surface area contributed by atoms with E-state index in [1.807, 2.05) is 25.4 Å². The third-order valence-corrected chi connectivity index (χ3v) is 3.02. The Labute approximate surface area is 107 Å². The monoisotopic (exact) mass is 245 g/mol. The van der Waals surface area contributed by atoms with Gasteiger partial charge in [0.05, 0.1) is 17.4 Å². The summed E-state index contributed by atoms with van der Waals surface area (Å²) in [4.78, 5) is 4.45. The van der Waals surface area contributed by atoms with Gasteiger partial charge in [-0.05, 0) is 24.1 Å². The topological polar surface area (TPSA) is 68.8 Å². The first-order valence-corrected chi connectivity index (χ1v) is 6.13. The molecule has 2 heterocycles. The van der Waals surface area contributed by atoms with E-state index in [0.29, 0.717) is 0 Å². The Morgan fingerprint density at radius 1 is 1.44 bits per heavy atom. The molecule has 0 bridgehead atoms. The average molecular weight is 245 g/mol. The van der Waals surface area contributed by atoms with Gasteiger partial charge in [-0.1, -0.05) is 13.0 Å². The molecule has 1 atom stereocenters. The number of pyridine rings is 1. The lowest BCUT2D eigenvalue weighted by atomic mass is 10.0. The van der Waals surface area contributed by atoms with E-state index < -0.39 is 0 Å². The normalized spacial score (nSPS) is 12.6. The highest BCUT2D eigenvalue weighted by atomic mass is 15.3. The Morgan fingerprint density at radius 3 is 2.89 bits per heavy atom. The first-order chi connectivity index (χ1) is 8.74. The molecule has 0 aromatic carbocycles. The van der Waals surface area contributed by atoms with Crippen molar-refractivity contribution >= 4 is 0 Å². The molecule has 0 fully saturated rings. The Morgan fingerprint density at radius 2 is 2.28 bits per heavy atom. The zero-order valence-corrected chi connectivity index (χ0v) is 10.8. The van der Waals surface area contributed by atoms with Gasteiger partial charge in [0.25, 0.3) is 0 Å². The molecule has 18 heavy (non-hydrogen) atoms. The minimum Gasteiger partial charge on any atom is -0.276 e. The van der Waals surface area contributed by atoms with Crippen molar-refractivity contribution < 1.29 is 0 Å². The molecule has 1 unspecified atom stereocenters. The zero-order valence-electron chi connectivity index (χ0n) is 10.8. The fourth-order valence-electron chi connectivity index (χ4n) is 2.08. The highest BCUT2D eigenvalue weighted by molar-refractivity contribution is 5.24. The molecule has 0 saturated heterocycles. The van der Waals surface area contributed by atoms with Crippen LogP contribution < -0.4 is 11.3 Å². The minimum absolute atomic E-state index is 0.00366. The van der Waals surface area contributed by atoms with Gasteiger partial charge >= 0.3 is 0 Å². The first-order valence-electron chi connectivity index (χ1n) is 6.13. The molecule has 96 valence electrons. The van der Waals surface area contributed by atoms with Crippen molar-refractivity contribution in [2.45, 2.75) is 25.8 Å². The van der Waals surface area contributed by atoms with Crippen LogP contribution in [0.4, 0.5) is 0 Å². The van der Waals surface area contributed by atoms with Crippen LogP contribution in [0.25, 0.3) is 0 Å². The van der Waals surface area contributed by atoms with Crippen LogP contribution in [0.5, 0.6) is 0 Å². The highest BCUT2D eigenvalue weighted by Crippen LogP contribution is 2.19. The largest absolute Gasteiger partial charge is 0.276 e. The number of nitrogens with zero attached hydrogens (tertiary/aromatic N) is 3. The summed E-state index contributed by atoms with van der Waals surface area (Å²) in [6.45, 7) is 2.12. The second kappa shape index (κ2) is 5.75. The highest BCUT2D eigenvalue weighted by Gasteiger charge is 2.16. The summed E-state index contributed by atoms with van der Waals surface area (Å²) in [5, 5.41) is 4.37. The van der Waals surface area contributed by atoms with Gasteiger partial charge in [-0.2, -0.15) is 5.10 Å². The summed E-state index contributed by atoms with van der Waals surface area (Å²) in [5.41, 5.74) is 6.07. The summed E-state index contributed by atoms with van der Waals surface area (Å²) in [6.07, 6.45) is 5.42. The summed E-state index contributed by atoms with van der Waals surface area (Å²) in [7, 11) is 1.91. The average Bonchev–Trinajstić information content (AvgIpc) is 2.81. The number of aryl methyl sites for hydroxylation is 2. The van der Waals surface area contributed by atoms with Crippen LogP contribution in [0.2, 0.25) is 0 Å². The van der Waals surface area contributed by atoms with Crippen molar-refractivity contribution in [3.8, 4) is 0 Å². The summed E-state index contributed by atoms with van der Waals surface area (Å²) >= 11 is 0. The standard InChI is InChI=1S/C13H19N5/c1-3-10-5-4-7-15-13(10)12(16-14)9-11-6-8-18(2)17-11/h4-8,12,16H,3,9,14H2,1-2H3. The van der Waals surface area contributed by atoms with Gasteiger partial charge in [0.1, 0.15) is 0 Å². The number of hydrogen-bond donors (Lipinski definition) is 2. The van der Waals surface area contributed by atoms with Crippen LogP contribution in [0.15, 0.2) is 30.6 Å². The van der Waals surface area contributed by atoms with E-state index in [4.69, 9.17) is 5.84 Å². The Balaban J connectivity index is 2.22. The summed E-state index contributed by atoms with van der Waals surface area (Å²) in [6, 6.07) is 6.04. The Hall–Kier alpha value is -1.72. The van der Waals surface area contributed by atoms with Gasteiger partial charge in [-0.15, -0.1) is 0 Å². The molecule has 5 nitrogen and oxygen atoms in total. The third kappa shape index (κ3) is 2.75. The molecule has 0 aliphatic rings. The van der Waals surface area contributed by atoms with Crippen LogP contribution in [-0.2, 0) is 19.9 Å². The second-order valence-corrected chi connectivity index (χ2v) is 4.31. The maximum Gasteiger partial charge on any atom is 0.0690 e. The summed E-state index contributed by atoms with van der Waals surface area (Å²) in [5.74, 6) is 5.66. The van der Waals surface area contributed by atoms with E-state index in [1.54, 1.807) is 10.9 Å². The van der Waals surface area contributed by atoms with Crippen molar-refractivity contribution in [2.75, 3.05) is 0 Å². The molecule has 5 heteroatoms. The predicted octanol–water partition coefficient (Wildman–Crippen LogP) is 1.12. The molecule has 0 radical (unpaired) electrons. The van der Waals surface area contributed by atoms with Gasteiger partial charge in [0, 0.05) is 25.9 Å². The molecule has 2 aromatic rings. The molecular weight excluding hydrogens is 226 g/mol. The zero-order chi connectivity index (χ0) is 13.0. The van der Waals surface area contributed by atoms with Crippen LogP contribution in [0, 0.1) is 0 Å². The number of nitrogens with one attached hydrogen (secondary N) is 1. The quantitative estimate of drug-likeness (QED) is 0.612. The van der Waals surface area contributed by atoms with E-state index in [0.717, 1.165) is 24.2 Å². The van der Waals surface area contributed by atoms with Crippen molar-refractivity contribution in [1.82, 2.24) is 20.2 Å². The predicted molar refractivity (Wildman–Crippen MR) is 70.6 cm³/mol. The molecule has 0 aliphatic heterocycles. The Bertz CT molecular complexity index is 506. The first kappa shape index (κ1) is 12.7. The lowest BCUT2D eigenvalue weighted by Gasteiger charge is -2.17. The minimum atomic E-state index is -0.00366. The maximum atomic E-state index is 5.66. The van der Waals surface area contributed by atoms with E-state index in [1.165, 1.54) is 5.56 Å². The molecular formula is C13H19N5. The van der Waals surface area contributed by atoms with Crippen molar-refractivity contribution in [2.24, 2.45) is 12.9 Å². The molecule has 0 saturated carbocycles. The van der Waals surface area contributed by atoms with Crippen LogP contribution in [-0.4, -0.2) is 14.8 Å². The summed E-state index contributed by atoms with van der Waals surface area (Å²) < 4.78 is 1.79. The van der Waals surface area contributed by atoms with E-state index in [9.17, 15) is 0 Å². The molecule has 0 amide bonds. The van der Waals surface area contributed by atoms with Crippen LogP contribution >= 0.6 is 0 Å². The molecule has 2 rings (SSSR count). The fourth-order valence-corrected chi connectivity index (χ4v) is 2.08. The number of aromatic nitrogens is 3. The van der Waals surface area contributed by atoms with Crippen molar-refractivity contribution in [1.29, 1.82) is 0 Å². The SMILES string of the molecule is CCc1cccnc1C(Cc1ccn(C)n1)NN. The third-order valence-electron chi connectivity index (χ3n) is 3.02. The van der Waals surface area contributed by atoms with E-state index in [-0.39, 0.29) is 6.04 Å². The Kier molecular flexibility index (Phi) is 4.07. The van der Waals surface area contributed by atoms with Crippen molar-refractivity contribution in [3.63, 3.8) is 0 Å². The number of nitrogens with two attached hydrogens (primary N) is 1. The lowest BCUT2D eigenvalue weighted by molar-refractivity contribution is 0.524. The molecule has 0 aliphatic carbocycles. The lowest BCUT2D eigenvalue weighted by Crippen LogP contribution is -2.31. The van der Waals surface area contributed by atoms with Crippen LogP contribution in [0.1, 0.15) is 29.9 Å². The van der Waals surface area contributed by atoms with Gasteiger partial charge < -0.3 is 0 Å². The number of rotatable bonds is 5. The van der Waals surface area contributed by atoms with Gasteiger partial charge in [-0.3, -0.25) is 20.9 Å². The van der Waals surface area contributed by atoms with Crippen molar-refractivity contribution in [3.05, 3.63) is 47.5 Å². The van der Waals surface area contributed by atoms with Gasteiger partial charge in [0.2, 0.25) is 0 Å². The second-order valence-electron chi connectivity index (χ2n) is 4.31. The smallest absolute Gasteiger partial charge is 0.0690 e. The fraction of sp³-hybridized carbons (Fsp3) is 0.385. The van der Waals surface area contributed by atoms with E-state index >= 15 is 0 Å². The maximum absolute atomic E-state index is 5.66. The molecule has 2 aromatic heterocycles. The number of hydrazine groups is 1.